The summed E-state index contributed by atoms with van der Waals surface area (Å²) in [7, 11) is 1.75. The number of nitrogens with zero attached hydrogens (tertiary/aromatic N) is 2. The van der Waals surface area contributed by atoms with Crippen molar-refractivity contribution in [1.29, 1.82) is 0 Å². The topological polar surface area (TPSA) is 51.7 Å². The fourth-order valence-corrected chi connectivity index (χ4v) is 2.65. The quantitative estimate of drug-likeness (QED) is 0.808. The predicted octanol–water partition coefficient (Wildman–Crippen LogP) is 2.70. The maximum atomic E-state index is 12.9. The molecule has 0 bridgehead atoms. The van der Waals surface area contributed by atoms with Crippen LogP contribution in [0.25, 0.3) is 0 Å². The zero-order valence-electron chi connectivity index (χ0n) is 14.2. The number of amides is 1. The number of aromatic nitrogens is 1. The lowest BCUT2D eigenvalue weighted by Gasteiger charge is -2.18. The van der Waals surface area contributed by atoms with E-state index in [0.29, 0.717) is 37.6 Å². The van der Waals surface area contributed by atoms with Gasteiger partial charge in [-0.1, -0.05) is 12.1 Å². The summed E-state index contributed by atoms with van der Waals surface area (Å²) in [4.78, 5) is 18.4. The first-order valence-electron chi connectivity index (χ1n) is 8.32. The number of hydrogen-bond donors (Lipinski definition) is 0. The minimum atomic E-state index is -0.259. The van der Waals surface area contributed by atoms with Crippen molar-refractivity contribution in [3.8, 4) is 5.88 Å². The van der Waals surface area contributed by atoms with Gasteiger partial charge in [-0.3, -0.25) is 4.79 Å². The average molecular weight is 344 g/mol. The molecule has 2 heterocycles. The van der Waals surface area contributed by atoms with E-state index in [-0.39, 0.29) is 17.8 Å². The van der Waals surface area contributed by atoms with E-state index >= 15 is 0 Å². The lowest BCUT2D eigenvalue weighted by Crippen LogP contribution is -2.29. The molecule has 6 heteroatoms. The Morgan fingerprint density at radius 2 is 2.16 bits per heavy atom. The van der Waals surface area contributed by atoms with Crippen LogP contribution in [0.3, 0.4) is 0 Å². The summed E-state index contributed by atoms with van der Waals surface area (Å²) < 4.78 is 23.9. The predicted molar refractivity (Wildman–Crippen MR) is 91.2 cm³/mol. The number of hydrogen-bond acceptors (Lipinski definition) is 4. The first kappa shape index (κ1) is 17.4. The molecule has 0 radical (unpaired) electrons. The number of carbonyl (C=O) groups excluding carboxylic acids is 1. The van der Waals surface area contributed by atoms with Crippen LogP contribution in [-0.2, 0) is 11.2 Å². The molecule has 3 rings (SSSR count). The Morgan fingerprint density at radius 1 is 1.36 bits per heavy atom. The van der Waals surface area contributed by atoms with E-state index in [1.54, 1.807) is 42.4 Å². The van der Waals surface area contributed by atoms with Crippen LogP contribution in [0.4, 0.5) is 4.39 Å². The molecule has 132 valence electrons. The second-order valence-corrected chi connectivity index (χ2v) is 6.09. The highest BCUT2D eigenvalue weighted by molar-refractivity contribution is 5.94. The third-order valence-corrected chi connectivity index (χ3v) is 4.15. The van der Waals surface area contributed by atoms with Crippen LogP contribution in [0.5, 0.6) is 5.88 Å². The van der Waals surface area contributed by atoms with Gasteiger partial charge in [0.25, 0.3) is 5.91 Å². The molecule has 0 N–H and O–H groups in total. The number of rotatable bonds is 6. The molecule has 1 aliphatic rings. The smallest absolute Gasteiger partial charge is 0.253 e. The van der Waals surface area contributed by atoms with Crippen molar-refractivity contribution in [2.45, 2.75) is 18.9 Å². The first-order chi connectivity index (χ1) is 12.1. The standard InChI is InChI=1S/C19H21FN2O3/c1-22(10-7-14-2-4-16(20)5-3-14)19(23)15-6-9-21-18(12-15)25-17-8-11-24-13-17/h2-6,9,12,17H,7-8,10-11,13H2,1H3. The number of benzene rings is 1. The molecule has 1 aromatic heterocycles. The maximum absolute atomic E-state index is 12.9. The van der Waals surface area contributed by atoms with Gasteiger partial charge in [0.05, 0.1) is 13.2 Å². The van der Waals surface area contributed by atoms with Crippen molar-refractivity contribution in [3.05, 3.63) is 59.5 Å². The molecule has 1 aromatic carbocycles. The molecule has 5 nitrogen and oxygen atoms in total. The molecule has 1 atom stereocenters. The Morgan fingerprint density at radius 3 is 2.88 bits per heavy atom. The van der Waals surface area contributed by atoms with Crippen LogP contribution in [0.15, 0.2) is 42.6 Å². The fourth-order valence-electron chi connectivity index (χ4n) is 2.65. The number of pyridine rings is 1. The van der Waals surface area contributed by atoms with Gasteiger partial charge in [0.15, 0.2) is 0 Å². The van der Waals surface area contributed by atoms with Crippen molar-refractivity contribution < 1.29 is 18.7 Å². The van der Waals surface area contributed by atoms with Gasteiger partial charge in [-0.2, -0.15) is 0 Å². The second kappa shape index (κ2) is 8.07. The van der Waals surface area contributed by atoms with Crippen LogP contribution in [0.1, 0.15) is 22.3 Å². The molecule has 1 unspecified atom stereocenters. The summed E-state index contributed by atoms with van der Waals surface area (Å²) in [6, 6.07) is 9.65. The van der Waals surface area contributed by atoms with E-state index in [1.807, 2.05) is 0 Å². The number of likely N-dealkylation sites (N-methyl/N-ethyl adjacent to an activating group) is 1. The van der Waals surface area contributed by atoms with Crippen LogP contribution in [0, 0.1) is 5.82 Å². The molecular formula is C19H21FN2O3. The first-order valence-corrected chi connectivity index (χ1v) is 8.32. The highest BCUT2D eigenvalue weighted by Crippen LogP contribution is 2.16. The van der Waals surface area contributed by atoms with Gasteiger partial charge in [-0.05, 0) is 30.2 Å². The molecule has 2 aromatic rings. The van der Waals surface area contributed by atoms with Crippen molar-refractivity contribution in [2.75, 3.05) is 26.8 Å². The molecule has 25 heavy (non-hydrogen) atoms. The number of halogens is 1. The monoisotopic (exact) mass is 344 g/mol. The fraction of sp³-hybridized carbons (Fsp3) is 0.368. The van der Waals surface area contributed by atoms with Crippen LogP contribution < -0.4 is 4.74 Å². The van der Waals surface area contributed by atoms with E-state index in [4.69, 9.17) is 9.47 Å². The van der Waals surface area contributed by atoms with Gasteiger partial charge in [-0.25, -0.2) is 9.37 Å². The summed E-state index contributed by atoms with van der Waals surface area (Å²) in [6.07, 6.45) is 3.06. The molecule has 0 saturated carbocycles. The molecule has 0 aliphatic carbocycles. The third-order valence-electron chi connectivity index (χ3n) is 4.15. The van der Waals surface area contributed by atoms with Gasteiger partial charge in [0.2, 0.25) is 5.88 Å². The summed E-state index contributed by atoms with van der Waals surface area (Å²) >= 11 is 0. The van der Waals surface area contributed by atoms with Gasteiger partial charge in [0, 0.05) is 37.8 Å². The number of carbonyl (C=O) groups is 1. The highest BCUT2D eigenvalue weighted by Gasteiger charge is 2.19. The van der Waals surface area contributed by atoms with Gasteiger partial charge in [0.1, 0.15) is 11.9 Å². The molecule has 1 fully saturated rings. The average Bonchev–Trinajstić information content (AvgIpc) is 3.13. The summed E-state index contributed by atoms with van der Waals surface area (Å²) in [5.41, 5.74) is 1.52. The minimum Gasteiger partial charge on any atom is -0.472 e. The van der Waals surface area contributed by atoms with Crippen LogP contribution >= 0.6 is 0 Å². The number of ether oxygens (including phenoxy) is 2. The van der Waals surface area contributed by atoms with Crippen molar-refractivity contribution >= 4 is 5.91 Å². The normalized spacial score (nSPS) is 16.6. The Labute approximate surface area is 146 Å². The Kier molecular flexibility index (Phi) is 5.60. The lowest BCUT2D eigenvalue weighted by atomic mass is 10.1. The van der Waals surface area contributed by atoms with E-state index in [9.17, 15) is 9.18 Å². The Balaban J connectivity index is 1.58. The highest BCUT2D eigenvalue weighted by atomic mass is 19.1. The van der Waals surface area contributed by atoms with Crippen molar-refractivity contribution in [3.63, 3.8) is 0 Å². The Hall–Kier alpha value is -2.47. The van der Waals surface area contributed by atoms with Crippen LogP contribution in [-0.4, -0.2) is 48.7 Å². The molecule has 0 spiro atoms. The van der Waals surface area contributed by atoms with E-state index < -0.39 is 0 Å². The second-order valence-electron chi connectivity index (χ2n) is 6.09. The Bertz CT molecular complexity index is 715. The van der Waals surface area contributed by atoms with Gasteiger partial charge in [-0.15, -0.1) is 0 Å². The van der Waals surface area contributed by atoms with Gasteiger partial charge < -0.3 is 14.4 Å². The summed E-state index contributed by atoms with van der Waals surface area (Å²) in [5, 5.41) is 0. The van der Waals surface area contributed by atoms with E-state index in [2.05, 4.69) is 4.98 Å². The third kappa shape index (κ3) is 4.76. The molecule has 1 amide bonds. The zero-order valence-corrected chi connectivity index (χ0v) is 14.2. The zero-order chi connectivity index (χ0) is 17.6. The summed E-state index contributed by atoms with van der Waals surface area (Å²) in [6.45, 7) is 1.78. The lowest BCUT2D eigenvalue weighted by molar-refractivity contribution is 0.0795. The van der Waals surface area contributed by atoms with E-state index in [1.165, 1.54) is 12.1 Å². The maximum Gasteiger partial charge on any atom is 0.253 e. The van der Waals surface area contributed by atoms with Crippen LogP contribution in [0.2, 0.25) is 0 Å². The SMILES string of the molecule is CN(CCc1ccc(F)cc1)C(=O)c1ccnc(OC2CCOC2)c1. The van der Waals surface area contributed by atoms with Crippen molar-refractivity contribution in [2.24, 2.45) is 0 Å². The largest absolute Gasteiger partial charge is 0.472 e. The summed E-state index contributed by atoms with van der Waals surface area (Å²) in [5.74, 6) is 0.0791. The van der Waals surface area contributed by atoms with Gasteiger partial charge >= 0.3 is 0 Å². The van der Waals surface area contributed by atoms with Crippen molar-refractivity contribution in [1.82, 2.24) is 9.88 Å². The molecule has 1 aliphatic heterocycles. The van der Waals surface area contributed by atoms with E-state index in [0.717, 1.165) is 12.0 Å². The molecular weight excluding hydrogens is 323 g/mol. The molecule has 1 saturated heterocycles. The minimum absolute atomic E-state index is 0.00550.